The Kier molecular flexibility index (Phi) is 4.80. The van der Waals surface area contributed by atoms with E-state index in [4.69, 9.17) is 22.6 Å². The Labute approximate surface area is 106 Å². The quantitative estimate of drug-likeness (QED) is 0.835. The zero-order valence-electron chi connectivity index (χ0n) is 9.61. The van der Waals surface area contributed by atoms with E-state index in [-0.39, 0.29) is 10.9 Å². The molecule has 4 nitrogen and oxygen atoms in total. The molecule has 0 unspecified atom stereocenters. The number of carbonyl (C=O) groups is 1. The number of carbonyl (C=O) groups excluding carboxylic acids is 1. The highest BCUT2D eigenvalue weighted by molar-refractivity contribution is 6.36. The van der Waals surface area contributed by atoms with Crippen LogP contribution in [0.1, 0.15) is 23.7 Å². The topological polar surface area (TPSA) is 70.1 Å². The predicted octanol–water partition coefficient (Wildman–Crippen LogP) is 2.30. The number of anilines is 1. The number of benzene rings is 1. The van der Waals surface area contributed by atoms with Crippen molar-refractivity contribution in [2.24, 2.45) is 0 Å². The molecule has 1 rings (SSSR count). The summed E-state index contributed by atoms with van der Waals surface area (Å²) in [5.41, 5.74) is 6.41. The van der Waals surface area contributed by atoms with Gasteiger partial charge in [0.1, 0.15) is 0 Å². The van der Waals surface area contributed by atoms with E-state index < -0.39 is 0 Å². The van der Waals surface area contributed by atoms with Gasteiger partial charge < -0.3 is 10.6 Å². The van der Waals surface area contributed by atoms with Gasteiger partial charge in [-0.05, 0) is 19.1 Å². The molecule has 1 amide bonds. The van der Waals surface area contributed by atoms with Crippen molar-refractivity contribution < 1.29 is 4.79 Å². The van der Waals surface area contributed by atoms with Gasteiger partial charge in [0, 0.05) is 13.1 Å². The van der Waals surface area contributed by atoms with Crippen LogP contribution in [0, 0.1) is 11.3 Å². The summed E-state index contributed by atoms with van der Waals surface area (Å²) in [6, 6.07) is 6.98. The normalized spacial score (nSPS) is 9.71. The number of rotatable bonds is 4. The molecular formula is C12H14ClN3O. The van der Waals surface area contributed by atoms with E-state index in [2.05, 4.69) is 0 Å². The number of hydrogen-bond donors (Lipinski definition) is 1. The molecule has 2 N–H and O–H groups in total. The standard InChI is InChI=1S/C12H14ClN3O/c1-2-16(8-4-7-14)12(17)9-5-3-6-10(15)11(9)13/h3,5-6H,2,4,8,15H2,1H3. The number of nitrogen functional groups attached to an aromatic ring is 1. The van der Waals surface area contributed by atoms with E-state index >= 15 is 0 Å². The van der Waals surface area contributed by atoms with E-state index in [0.717, 1.165) is 0 Å². The van der Waals surface area contributed by atoms with Crippen molar-refractivity contribution in [3.63, 3.8) is 0 Å². The molecule has 0 spiro atoms. The number of nitriles is 1. The minimum atomic E-state index is -0.194. The average Bonchev–Trinajstić information content (AvgIpc) is 2.33. The summed E-state index contributed by atoms with van der Waals surface area (Å²) in [4.78, 5) is 13.7. The van der Waals surface area contributed by atoms with Gasteiger partial charge in [-0.3, -0.25) is 4.79 Å². The van der Waals surface area contributed by atoms with Gasteiger partial charge in [-0.15, -0.1) is 0 Å². The van der Waals surface area contributed by atoms with Crippen LogP contribution in [0.2, 0.25) is 5.02 Å². The van der Waals surface area contributed by atoms with Crippen LogP contribution in [0.15, 0.2) is 18.2 Å². The van der Waals surface area contributed by atoms with Crippen LogP contribution in [-0.2, 0) is 0 Å². The molecule has 0 saturated carbocycles. The lowest BCUT2D eigenvalue weighted by Gasteiger charge is -2.20. The van der Waals surface area contributed by atoms with Crippen LogP contribution in [0.3, 0.4) is 0 Å². The van der Waals surface area contributed by atoms with E-state index in [9.17, 15) is 4.79 Å². The van der Waals surface area contributed by atoms with Crippen molar-refractivity contribution in [3.8, 4) is 6.07 Å². The molecule has 0 fully saturated rings. The monoisotopic (exact) mass is 251 g/mol. The Balaban J connectivity index is 2.94. The maximum atomic E-state index is 12.1. The summed E-state index contributed by atoms with van der Waals surface area (Å²) in [5, 5.41) is 8.80. The third kappa shape index (κ3) is 3.11. The second-order valence-electron chi connectivity index (χ2n) is 3.50. The van der Waals surface area contributed by atoms with Crippen LogP contribution in [0.25, 0.3) is 0 Å². The molecule has 0 aromatic heterocycles. The van der Waals surface area contributed by atoms with Crippen LogP contribution >= 0.6 is 11.6 Å². The first-order chi connectivity index (χ1) is 8.11. The van der Waals surface area contributed by atoms with Crippen LogP contribution in [-0.4, -0.2) is 23.9 Å². The Morgan fingerprint density at radius 2 is 2.29 bits per heavy atom. The minimum absolute atomic E-state index is 0.194. The van der Waals surface area contributed by atoms with Crippen molar-refractivity contribution in [2.45, 2.75) is 13.3 Å². The zero-order valence-corrected chi connectivity index (χ0v) is 10.4. The van der Waals surface area contributed by atoms with Gasteiger partial charge in [0.05, 0.1) is 28.8 Å². The van der Waals surface area contributed by atoms with Crippen molar-refractivity contribution in [1.82, 2.24) is 4.90 Å². The maximum absolute atomic E-state index is 12.1. The van der Waals surface area contributed by atoms with Crippen molar-refractivity contribution in [2.75, 3.05) is 18.8 Å². The van der Waals surface area contributed by atoms with Crippen LogP contribution in [0.4, 0.5) is 5.69 Å². The van der Waals surface area contributed by atoms with Gasteiger partial charge in [-0.2, -0.15) is 5.26 Å². The molecule has 90 valence electrons. The summed E-state index contributed by atoms with van der Waals surface area (Å²) in [6.07, 6.45) is 0.305. The number of hydrogen-bond acceptors (Lipinski definition) is 3. The highest BCUT2D eigenvalue weighted by Gasteiger charge is 2.17. The second kappa shape index (κ2) is 6.12. The van der Waals surface area contributed by atoms with Crippen molar-refractivity contribution in [3.05, 3.63) is 28.8 Å². The lowest BCUT2D eigenvalue weighted by Crippen LogP contribution is -2.31. The highest BCUT2D eigenvalue weighted by Crippen LogP contribution is 2.24. The lowest BCUT2D eigenvalue weighted by molar-refractivity contribution is 0.0768. The molecule has 17 heavy (non-hydrogen) atoms. The summed E-state index contributed by atoms with van der Waals surface area (Å²) >= 11 is 5.99. The summed E-state index contributed by atoms with van der Waals surface area (Å²) in [5.74, 6) is -0.194. The van der Waals surface area contributed by atoms with Gasteiger partial charge in [0.15, 0.2) is 0 Å². The van der Waals surface area contributed by atoms with E-state index in [1.165, 1.54) is 0 Å². The first-order valence-corrected chi connectivity index (χ1v) is 5.69. The fourth-order valence-electron chi connectivity index (χ4n) is 1.47. The molecule has 0 atom stereocenters. The zero-order chi connectivity index (χ0) is 12.8. The van der Waals surface area contributed by atoms with E-state index in [0.29, 0.717) is 30.8 Å². The molecule has 0 heterocycles. The Bertz CT molecular complexity index is 454. The van der Waals surface area contributed by atoms with Gasteiger partial charge in [-0.25, -0.2) is 0 Å². The number of amides is 1. The predicted molar refractivity (Wildman–Crippen MR) is 67.7 cm³/mol. The first kappa shape index (κ1) is 13.3. The molecular weight excluding hydrogens is 238 g/mol. The molecule has 5 heteroatoms. The number of nitrogens with zero attached hydrogens (tertiary/aromatic N) is 2. The maximum Gasteiger partial charge on any atom is 0.255 e. The highest BCUT2D eigenvalue weighted by atomic mass is 35.5. The molecule has 0 aliphatic heterocycles. The Morgan fingerprint density at radius 3 is 2.88 bits per heavy atom. The number of nitrogens with two attached hydrogens (primary N) is 1. The van der Waals surface area contributed by atoms with Crippen molar-refractivity contribution >= 4 is 23.2 Å². The summed E-state index contributed by atoms with van der Waals surface area (Å²) in [7, 11) is 0. The van der Waals surface area contributed by atoms with Gasteiger partial charge >= 0.3 is 0 Å². The third-order valence-electron chi connectivity index (χ3n) is 2.42. The lowest BCUT2D eigenvalue weighted by atomic mass is 10.1. The molecule has 0 aliphatic rings. The van der Waals surface area contributed by atoms with E-state index in [1.807, 2.05) is 13.0 Å². The molecule has 1 aromatic rings. The van der Waals surface area contributed by atoms with Crippen molar-refractivity contribution in [1.29, 1.82) is 5.26 Å². The molecule has 0 saturated heterocycles. The third-order valence-corrected chi connectivity index (χ3v) is 2.84. The largest absolute Gasteiger partial charge is 0.398 e. The smallest absolute Gasteiger partial charge is 0.255 e. The fourth-order valence-corrected chi connectivity index (χ4v) is 1.68. The van der Waals surface area contributed by atoms with Gasteiger partial charge in [0.25, 0.3) is 5.91 Å². The van der Waals surface area contributed by atoms with Gasteiger partial charge in [-0.1, -0.05) is 17.7 Å². The Hall–Kier alpha value is -1.73. The average molecular weight is 252 g/mol. The summed E-state index contributed by atoms with van der Waals surface area (Å²) < 4.78 is 0. The van der Waals surface area contributed by atoms with E-state index in [1.54, 1.807) is 23.1 Å². The summed E-state index contributed by atoms with van der Waals surface area (Å²) in [6.45, 7) is 2.79. The fraction of sp³-hybridized carbons (Fsp3) is 0.333. The van der Waals surface area contributed by atoms with Crippen LogP contribution < -0.4 is 5.73 Å². The SMILES string of the molecule is CCN(CCC#N)C(=O)c1cccc(N)c1Cl. The van der Waals surface area contributed by atoms with Gasteiger partial charge in [0.2, 0.25) is 0 Å². The molecule has 1 aromatic carbocycles. The molecule has 0 bridgehead atoms. The molecule has 0 aliphatic carbocycles. The Morgan fingerprint density at radius 1 is 1.59 bits per heavy atom. The minimum Gasteiger partial charge on any atom is -0.398 e. The molecule has 0 radical (unpaired) electrons. The second-order valence-corrected chi connectivity index (χ2v) is 3.88. The first-order valence-electron chi connectivity index (χ1n) is 5.32. The van der Waals surface area contributed by atoms with Crippen LogP contribution in [0.5, 0.6) is 0 Å². The number of halogens is 1.